The molecule has 0 amide bonds. The van der Waals surface area contributed by atoms with E-state index in [0.29, 0.717) is 30.8 Å². The maximum Gasteiger partial charge on any atom is 0.446 e. The van der Waals surface area contributed by atoms with Crippen LogP contribution in [0.15, 0.2) is 69.4 Å². The van der Waals surface area contributed by atoms with E-state index in [0.717, 1.165) is 47.0 Å². The zero-order valence-electron chi connectivity index (χ0n) is 32.2. The zero-order valence-corrected chi connectivity index (χ0v) is 33.0. The predicted octanol–water partition coefficient (Wildman–Crippen LogP) is 7.05. The average molecular weight is 773 g/mol. The second kappa shape index (κ2) is 18.8. The van der Waals surface area contributed by atoms with Crippen LogP contribution in [-0.2, 0) is 22.0 Å². The van der Waals surface area contributed by atoms with Crippen LogP contribution in [0, 0.1) is 0 Å². The predicted molar refractivity (Wildman–Crippen MR) is 212 cm³/mol. The van der Waals surface area contributed by atoms with Gasteiger partial charge in [0.05, 0.1) is 12.1 Å². The van der Waals surface area contributed by atoms with Crippen LogP contribution < -0.4 is 28.2 Å². The van der Waals surface area contributed by atoms with E-state index < -0.39 is 17.2 Å². The SMILES string of the molecule is CC(C)(C)c1cc2cn(-c3ccc([C@H](CC(=O)O)NCCCN=C(N)N)cc3)c(=O)nc2[nH]1.C[C@H](N)CCCc1cc(SC(F)(F)F)cc(C(C)(C)C)c1. The number of rotatable bonds is 14. The summed E-state index contributed by atoms with van der Waals surface area (Å²) in [6.07, 6.45) is 4.89. The lowest BCUT2D eigenvalue weighted by atomic mass is 9.85. The molecule has 0 bridgehead atoms. The minimum absolute atomic E-state index is 0.0323. The van der Waals surface area contributed by atoms with Gasteiger partial charge >= 0.3 is 17.2 Å². The maximum atomic E-state index is 12.6. The van der Waals surface area contributed by atoms with E-state index in [1.165, 1.54) is 4.57 Å². The molecule has 0 aliphatic heterocycles. The topological polar surface area (TPSA) is 190 Å². The van der Waals surface area contributed by atoms with Crippen molar-refractivity contribution >= 4 is 34.7 Å². The molecule has 2 atom stereocenters. The smallest absolute Gasteiger partial charge is 0.446 e. The number of carboxylic acid groups (broad SMARTS) is 1. The Kier molecular flexibility index (Phi) is 15.3. The van der Waals surface area contributed by atoms with Crippen molar-refractivity contribution in [1.29, 1.82) is 0 Å². The van der Waals surface area contributed by atoms with Crippen molar-refractivity contribution in [3.8, 4) is 5.69 Å². The molecule has 9 N–H and O–H groups in total. The number of aryl methyl sites for hydroxylation is 1. The molecule has 54 heavy (non-hydrogen) atoms. The van der Waals surface area contributed by atoms with Crippen molar-refractivity contribution in [2.24, 2.45) is 22.2 Å². The van der Waals surface area contributed by atoms with Gasteiger partial charge in [0.15, 0.2) is 5.96 Å². The van der Waals surface area contributed by atoms with Gasteiger partial charge in [-0.05, 0) is 103 Å². The van der Waals surface area contributed by atoms with Crippen LogP contribution >= 0.6 is 11.8 Å². The maximum absolute atomic E-state index is 12.6. The van der Waals surface area contributed by atoms with Crippen LogP contribution in [0.5, 0.6) is 0 Å². The number of aliphatic carboxylic acids is 1. The molecule has 296 valence electrons. The quantitative estimate of drug-likeness (QED) is 0.0338. The third-order valence-electron chi connectivity index (χ3n) is 8.48. The molecule has 0 saturated carbocycles. The first-order valence-corrected chi connectivity index (χ1v) is 18.7. The molecule has 11 nitrogen and oxygen atoms in total. The summed E-state index contributed by atoms with van der Waals surface area (Å²) in [4.78, 5) is 35.6. The van der Waals surface area contributed by atoms with Crippen molar-refractivity contribution < 1.29 is 23.1 Å². The number of nitrogens with zero attached hydrogens (tertiary/aromatic N) is 3. The molecule has 4 aromatic rings. The fourth-order valence-corrected chi connectivity index (χ4v) is 6.22. The Bertz CT molecular complexity index is 1920. The lowest BCUT2D eigenvalue weighted by Crippen LogP contribution is -2.26. The molecular formula is C39H55F3N8O3S. The third kappa shape index (κ3) is 14.5. The molecule has 0 aliphatic rings. The van der Waals surface area contributed by atoms with Gasteiger partial charge in [-0.25, -0.2) is 4.79 Å². The number of guanidine groups is 1. The summed E-state index contributed by atoms with van der Waals surface area (Å²) in [5.41, 5.74) is 16.4. The van der Waals surface area contributed by atoms with E-state index in [4.69, 9.17) is 17.2 Å². The van der Waals surface area contributed by atoms with E-state index in [9.17, 15) is 27.9 Å². The van der Waals surface area contributed by atoms with Crippen LogP contribution in [-0.4, -0.2) is 56.2 Å². The molecule has 0 unspecified atom stereocenters. The minimum atomic E-state index is -4.25. The van der Waals surface area contributed by atoms with E-state index >= 15 is 0 Å². The Balaban J connectivity index is 0.000000322. The van der Waals surface area contributed by atoms with Gasteiger partial charge in [-0.1, -0.05) is 59.7 Å². The van der Waals surface area contributed by atoms with E-state index in [-0.39, 0.29) is 52.0 Å². The second-order valence-corrected chi connectivity index (χ2v) is 16.7. The summed E-state index contributed by atoms with van der Waals surface area (Å²) in [5.74, 6) is -0.876. The van der Waals surface area contributed by atoms with Crippen molar-refractivity contribution in [1.82, 2.24) is 19.9 Å². The first kappa shape index (κ1) is 44.1. The highest BCUT2D eigenvalue weighted by atomic mass is 32.2. The average Bonchev–Trinajstić information content (AvgIpc) is 3.46. The van der Waals surface area contributed by atoms with Gasteiger partial charge in [-0.15, -0.1) is 0 Å². The van der Waals surface area contributed by atoms with Gasteiger partial charge in [0.1, 0.15) is 5.65 Å². The number of hydrogen-bond donors (Lipinski definition) is 6. The second-order valence-electron chi connectivity index (χ2n) is 15.5. The molecule has 2 aromatic heterocycles. The summed E-state index contributed by atoms with van der Waals surface area (Å²) >= 11 is -0.0397. The molecule has 2 aromatic carbocycles. The fraction of sp³-hybridized carbons (Fsp3) is 0.487. The van der Waals surface area contributed by atoms with Crippen molar-refractivity contribution in [2.75, 3.05) is 13.1 Å². The molecular weight excluding hydrogens is 718 g/mol. The largest absolute Gasteiger partial charge is 0.481 e. The molecule has 0 spiro atoms. The fourth-order valence-electron chi connectivity index (χ4n) is 5.56. The van der Waals surface area contributed by atoms with Crippen LogP contribution in [0.25, 0.3) is 16.7 Å². The Morgan fingerprint density at radius 3 is 2.24 bits per heavy atom. The first-order chi connectivity index (χ1) is 25.0. The molecule has 0 aliphatic carbocycles. The van der Waals surface area contributed by atoms with E-state index in [1.807, 2.05) is 52.0 Å². The number of benzene rings is 2. The molecule has 0 fully saturated rings. The Morgan fingerprint density at radius 1 is 1.02 bits per heavy atom. The van der Waals surface area contributed by atoms with Crippen molar-refractivity contribution in [3.63, 3.8) is 0 Å². The van der Waals surface area contributed by atoms with Gasteiger partial charge in [-0.2, -0.15) is 18.2 Å². The van der Waals surface area contributed by atoms with Crippen LogP contribution in [0.4, 0.5) is 13.2 Å². The van der Waals surface area contributed by atoms with Gasteiger partial charge in [0.25, 0.3) is 0 Å². The number of fused-ring (bicyclic) bond motifs is 1. The monoisotopic (exact) mass is 772 g/mol. The first-order valence-electron chi connectivity index (χ1n) is 17.9. The Hall–Kier alpha value is -4.34. The van der Waals surface area contributed by atoms with Gasteiger partial charge in [0, 0.05) is 46.2 Å². The summed E-state index contributed by atoms with van der Waals surface area (Å²) in [6.45, 7) is 15.3. The number of thioether (sulfide) groups is 1. The lowest BCUT2D eigenvalue weighted by molar-refractivity contribution is -0.137. The highest BCUT2D eigenvalue weighted by molar-refractivity contribution is 8.00. The summed E-state index contributed by atoms with van der Waals surface area (Å²) in [5, 5.41) is 13.4. The molecule has 15 heteroatoms. The highest BCUT2D eigenvalue weighted by Crippen LogP contribution is 2.39. The number of aromatic nitrogens is 3. The lowest BCUT2D eigenvalue weighted by Gasteiger charge is -2.21. The molecule has 4 rings (SSSR count). The molecule has 0 saturated heterocycles. The number of nitrogens with one attached hydrogen (secondary N) is 2. The minimum Gasteiger partial charge on any atom is -0.481 e. The van der Waals surface area contributed by atoms with Gasteiger partial charge < -0.3 is 32.6 Å². The number of hydrogen-bond acceptors (Lipinski definition) is 7. The van der Waals surface area contributed by atoms with Gasteiger partial charge in [-0.3, -0.25) is 14.4 Å². The number of aliphatic imine (C=N–C) groups is 1. The van der Waals surface area contributed by atoms with E-state index in [1.54, 1.807) is 30.5 Å². The molecule has 0 radical (unpaired) electrons. The normalized spacial score (nSPS) is 13.2. The highest BCUT2D eigenvalue weighted by Gasteiger charge is 2.30. The molecule has 2 heterocycles. The number of carbonyl (C=O) groups is 1. The standard InChI is InChI=1S/C23H31N7O3.C16H24F3NS/c1-23(2,3)18-11-15-13-30(22(33)29-20(15)28-18)16-7-5-14(6-8-16)17(12-19(31)32)26-9-4-10-27-21(24)25;1-11(20)6-5-7-12-8-13(15(2,3)4)10-14(9-12)21-16(17,18)19/h5-8,11,13,17,26H,4,9-10,12H2,1-3H3,(H,31,32)(H4,24,25,27)(H,28,29,33);8-11H,5-7,20H2,1-4H3/t17-;11-/m00/s1. The van der Waals surface area contributed by atoms with Gasteiger partial charge in [0.2, 0.25) is 0 Å². The van der Waals surface area contributed by atoms with Crippen molar-refractivity contribution in [2.45, 2.75) is 114 Å². The number of halogens is 3. The summed E-state index contributed by atoms with van der Waals surface area (Å²) < 4.78 is 39.3. The summed E-state index contributed by atoms with van der Waals surface area (Å²) in [7, 11) is 0. The van der Waals surface area contributed by atoms with Crippen LogP contribution in [0.1, 0.15) is 103 Å². The zero-order chi connectivity index (χ0) is 40.4. The summed E-state index contributed by atoms with van der Waals surface area (Å²) in [6, 6.07) is 14.3. The number of nitrogens with two attached hydrogens (primary N) is 3. The number of alkyl halides is 3. The number of carboxylic acids is 1. The third-order valence-corrected chi connectivity index (χ3v) is 9.18. The number of H-pyrrole nitrogens is 1. The van der Waals surface area contributed by atoms with Crippen LogP contribution in [0.3, 0.4) is 0 Å². The van der Waals surface area contributed by atoms with E-state index in [2.05, 4.69) is 41.0 Å². The number of aromatic amines is 1. The van der Waals surface area contributed by atoms with Crippen LogP contribution in [0.2, 0.25) is 0 Å². The van der Waals surface area contributed by atoms with Crippen molar-refractivity contribution in [3.05, 3.63) is 87.6 Å². The Morgan fingerprint density at radius 2 is 1.69 bits per heavy atom. The Labute approximate surface area is 319 Å².